The molecule has 3 nitrogen and oxygen atoms in total. The van der Waals surface area contributed by atoms with Crippen molar-refractivity contribution in [3.8, 4) is 5.75 Å². The molecular formula is C25H32N2O. The van der Waals surface area contributed by atoms with Gasteiger partial charge < -0.3 is 5.11 Å². The zero-order chi connectivity index (χ0) is 19.0. The van der Waals surface area contributed by atoms with Crippen molar-refractivity contribution < 1.29 is 5.11 Å². The van der Waals surface area contributed by atoms with Gasteiger partial charge in [0.2, 0.25) is 0 Å². The molecule has 2 aromatic rings. The van der Waals surface area contributed by atoms with E-state index in [4.69, 9.17) is 0 Å². The molecule has 1 N–H and O–H groups in total. The third-order valence-electron chi connectivity index (χ3n) is 7.24. The maximum absolute atomic E-state index is 9.74. The van der Waals surface area contributed by atoms with Gasteiger partial charge in [0, 0.05) is 25.7 Å². The number of piperidine rings is 2. The molecule has 2 saturated heterocycles. The maximum Gasteiger partial charge on any atom is 0.115 e. The molecule has 0 radical (unpaired) electrons. The lowest BCUT2D eigenvalue weighted by atomic mass is 9.68. The lowest BCUT2D eigenvalue weighted by molar-refractivity contribution is 0.00829. The van der Waals surface area contributed by atoms with Crippen LogP contribution in [0.5, 0.6) is 5.75 Å². The zero-order valence-electron chi connectivity index (χ0n) is 16.8. The number of likely N-dealkylation sites (tertiary alicyclic amines) is 2. The average molecular weight is 377 g/mol. The van der Waals surface area contributed by atoms with E-state index in [2.05, 4.69) is 46.2 Å². The fraction of sp³-hybridized carbons (Fsp3) is 0.520. The van der Waals surface area contributed by atoms with E-state index in [0.717, 1.165) is 12.6 Å². The first-order valence-corrected chi connectivity index (χ1v) is 11.0. The molecule has 0 aromatic heterocycles. The van der Waals surface area contributed by atoms with Crippen LogP contribution in [0.25, 0.3) is 0 Å². The first-order valence-electron chi connectivity index (χ1n) is 11.0. The van der Waals surface area contributed by atoms with Gasteiger partial charge in [0.25, 0.3) is 0 Å². The summed E-state index contributed by atoms with van der Waals surface area (Å²) in [6, 6.07) is 19.8. The fourth-order valence-electron chi connectivity index (χ4n) is 5.56. The van der Waals surface area contributed by atoms with Crippen molar-refractivity contribution in [2.75, 3.05) is 26.2 Å². The number of benzene rings is 2. The molecular weight excluding hydrogens is 344 g/mol. The zero-order valence-corrected chi connectivity index (χ0v) is 16.8. The van der Waals surface area contributed by atoms with Gasteiger partial charge in [0.05, 0.1) is 0 Å². The number of aromatic hydroxyl groups is 1. The summed E-state index contributed by atoms with van der Waals surface area (Å²) in [7, 11) is 0. The quantitative estimate of drug-likeness (QED) is 0.843. The normalized spacial score (nSPS) is 25.8. The minimum atomic E-state index is 0.379. The third-order valence-corrected chi connectivity index (χ3v) is 7.24. The van der Waals surface area contributed by atoms with E-state index in [9.17, 15) is 5.11 Å². The smallest absolute Gasteiger partial charge is 0.115 e. The van der Waals surface area contributed by atoms with Crippen molar-refractivity contribution in [3.63, 3.8) is 0 Å². The lowest BCUT2D eigenvalue weighted by Crippen LogP contribution is -2.52. The van der Waals surface area contributed by atoms with Crippen LogP contribution in [0.1, 0.15) is 49.1 Å². The molecule has 5 rings (SSSR count). The summed E-state index contributed by atoms with van der Waals surface area (Å²) in [5.41, 5.74) is 3.24. The molecule has 3 fully saturated rings. The highest BCUT2D eigenvalue weighted by molar-refractivity contribution is 5.27. The van der Waals surface area contributed by atoms with Crippen molar-refractivity contribution >= 4 is 0 Å². The van der Waals surface area contributed by atoms with Crippen LogP contribution in [-0.2, 0) is 6.54 Å². The van der Waals surface area contributed by atoms with Crippen LogP contribution in [0.15, 0.2) is 54.6 Å². The average Bonchev–Trinajstić information content (AvgIpc) is 3.56. The second-order valence-corrected chi connectivity index (χ2v) is 9.42. The van der Waals surface area contributed by atoms with E-state index in [0.29, 0.717) is 17.1 Å². The van der Waals surface area contributed by atoms with Gasteiger partial charge >= 0.3 is 0 Å². The van der Waals surface area contributed by atoms with E-state index < -0.39 is 0 Å². The molecule has 3 aliphatic rings. The Morgan fingerprint density at radius 1 is 0.964 bits per heavy atom. The summed E-state index contributed by atoms with van der Waals surface area (Å²) in [6.45, 7) is 5.87. The molecule has 2 heterocycles. The summed E-state index contributed by atoms with van der Waals surface area (Å²) in [4.78, 5) is 5.40. The Bertz CT molecular complexity index is 793. The van der Waals surface area contributed by atoms with Crippen LogP contribution in [-0.4, -0.2) is 47.1 Å². The standard InChI is InChI=1S/C25H32N2O/c28-24-8-4-5-20(15-24)17-26-13-11-25(12-14-26)16-22(21-6-2-1-3-7-21)18-27(19-25)23-9-10-23/h1-8,15,22-23,28H,9-14,16-19H2. The van der Waals surface area contributed by atoms with Gasteiger partial charge in [-0.05, 0) is 79.8 Å². The minimum Gasteiger partial charge on any atom is -0.508 e. The SMILES string of the molecule is Oc1cccc(CN2CCC3(CC2)CC(c2ccccc2)CN(C2CC2)C3)c1. The Balaban J connectivity index is 1.28. The predicted octanol–water partition coefficient (Wildman–Crippen LogP) is 4.63. The van der Waals surface area contributed by atoms with Crippen molar-refractivity contribution in [2.45, 2.75) is 50.6 Å². The van der Waals surface area contributed by atoms with Crippen LogP contribution in [0.4, 0.5) is 0 Å². The topological polar surface area (TPSA) is 26.7 Å². The van der Waals surface area contributed by atoms with Crippen LogP contribution in [0, 0.1) is 5.41 Å². The van der Waals surface area contributed by atoms with E-state index in [-0.39, 0.29) is 0 Å². The van der Waals surface area contributed by atoms with Gasteiger partial charge in [-0.3, -0.25) is 9.80 Å². The highest BCUT2D eigenvalue weighted by Crippen LogP contribution is 2.47. The Hall–Kier alpha value is -1.84. The van der Waals surface area contributed by atoms with Crippen LogP contribution in [0.2, 0.25) is 0 Å². The van der Waals surface area contributed by atoms with E-state index in [1.165, 1.54) is 69.4 Å². The van der Waals surface area contributed by atoms with E-state index in [1.54, 1.807) is 6.07 Å². The molecule has 28 heavy (non-hydrogen) atoms. The molecule has 1 saturated carbocycles. The number of phenolic OH excluding ortho intramolecular Hbond substituents is 1. The summed E-state index contributed by atoms with van der Waals surface area (Å²) in [5.74, 6) is 1.07. The van der Waals surface area contributed by atoms with Crippen molar-refractivity contribution in [1.82, 2.24) is 9.80 Å². The van der Waals surface area contributed by atoms with Crippen LogP contribution in [0.3, 0.4) is 0 Å². The number of nitrogens with zero attached hydrogens (tertiary/aromatic N) is 2. The summed E-state index contributed by atoms with van der Waals surface area (Å²) < 4.78 is 0. The van der Waals surface area contributed by atoms with Crippen LogP contribution >= 0.6 is 0 Å². The van der Waals surface area contributed by atoms with Gasteiger partial charge in [0.1, 0.15) is 5.75 Å². The molecule has 1 atom stereocenters. The molecule has 1 aliphatic carbocycles. The van der Waals surface area contributed by atoms with Crippen LogP contribution < -0.4 is 0 Å². The molecule has 2 aromatic carbocycles. The molecule has 0 bridgehead atoms. The molecule has 1 spiro atoms. The Kier molecular flexibility index (Phi) is 4.90. The molecule has 0 amide bonds. The minimum absolute atomic E-state index is 0.379. The second kappa shape index (κ2) is 7.53. The first kappa shape index (κ1) is 18.2. The van der Waals surface area contributed by atoms with Gasteiger partial charge in [-0.2, -0.15) is 0 Å². The number of hydrogen-bond acceptors (Lipinski definition) is 3. The lowest BCUT2D eigenvalue weighted by Gasteiger charge is -2.50. The maximum atomic E-state index is 9.74. The number of rotatable bonds is 4. The number of hydrogen-bond donors (Lipinski definition) is 1. The highest BCUT2D eigenvalue weighted by atomic mass is 16.3. The summed E-state index contributed by atoms with van der Waals surface area (Å²) in [6.07, 6.45) is 6.76. The Morgan fingerprint density at radius 3 is 2.46 bits per heavy atom. The van der Waals surface area contributed by atoms with E-state index >= 15 is 0 Å². The second-order valence-electron chi connectivity index (χ2n) is 9.42. The van der Waals surface area contributed by atoms with Gasteiger partial charge in [-0.25, -0.2) is 0 Å². The van der Waals surface area contributed by atoms with Gasteiger partial charge in [-0.1, -0.05) is 42.5 Å². The largest absolute Gasteiger partial charge is 0.508 e. The predicted molar refractivity (Wildman–Crippen MR) is 113 cm³/mol. The number of phenols is 1. The van der Waals surface area contributed by atoms with Gasteiger partial charge in [0.15, 0.2) is 0 Å². The first-order chi connectivity index (χ1) is 13.7. The molecule has 3 heteroatoms. The molecule has 1 unspecified atom stereocenters. The fourth-order valence-corrected chi connectivity index (χ4v) is 5.56. The third kappa shape index (κ3) is 3.97. The van der Waals surface area contributed by atoms with Crippen molar-refractivity contribution in [2.24, 2.45) is 5.41 Å². The highest BCUT2D eigenvalue weighted by Gasteiger charge is 2.45. The Morgan fingerprint density at radius 2 is 1.75 bits per heavy atom. The monoisotopic (exact) mass is 376 g/mol. The summed E-state index contributed by atoms with van der Waals surface area (Å²) >= 11 is 0. The van der Waals surface area contributed by atoms with E-state index in [1.807, 2.05) is 12.1 Å². The van der Waals surface area contributed by atoms with Gasteiger partial charge in [-0.15, -0.1) is 0 Å². The van der Waals surface area contributed by atoms with Crippen molar-refractivity contribution in [1.29, 1.82) is 0 Å². The van der Waals surface area contributed by atoms with Crippen molar-refractivity contribution in [3.05, 3.63) is 65.7 Å². The summed E-state index contributed by atoms with van der Waals surface area (Å²) in [5, 5.41) is 9.74. The molecule has 148 valence electrons. The Labute approximate surface area is 169 Å². The molecule has 2 aliphatic heterocycles.